The van der Waals surface area contributed by atoms with Gasteiger partial charge in [0.15, 0.2) is 11.5 Å². The van der Waals surface area contributed by atoms with Gasteiger partial charge in [0.1, 0.15) is 17.3 Å². The molecule has 1 unspecified atom stereocenters. The fraction of sp³-hybridized carbons (Fsp3) is 0.429. The van der Waals surface area contributed by atoms with Crippen LogP contribution in [0.25, 0.3) is 5.76 Å². The number of rotatable bonds is 12. The molecule has 1 aliphatic heterocycles. The summed E-state index contributed by atoms with van der Waals surface area (Å²) in [6, 6.07) is 7.17. The quantitative estimate of drug-likeness (QED) is 0.189. The van der Waals surface area contributed by atoms with Crippen molar-refractivity contribution in [2.24, 2.45) is 0 Å². The third-order valence-corrected chi connectivity index (χ3v) is 6.20. The molecule has 10 heteroatoms. The van der Waals surface area contributed by atoms with Crippen molar-refractivity contribution in [1.29, 1.82) is 0 Å². The van der Waals surface area contributed by atoms with E-state index >= 15 is 0 Å². The second kappa shape index (κ2) is 12.6. The molecule has 0 aliphatic carbocycles. The standard InChI is InChI=1S/C28H35NO9/c1-16(2)38-12-8-11-29-24(17-13-21(35-5)27(37-7)22(14-17)36-6)23(26(31)28(29)32)25(30)19-10-9-18(33-3)15-20(19)34-4/h9-10,13-16,24,30H,8,11-12H2,1-7H3/b25-23+. The molecular weight excluding hydrogens is 494 g/mol. The Morgan fingerprint density at radius 3 is 2.05 bits per heavy atom. The maximum Gasteiger partial charge on any atom is 0.295 e. The zero-order valence-corrected chi connectivity index (χ0v) is 22.8. The van der Waals surface area contributed by atoms with Crippen LogP contribution in [0.3, 0.4) is 0 Å². The van der Waals surface area contributed by atoms with Crippen molar-refractivity contribution in [2.75, 3.05) is 48.7 Å². The van der Waals surface area contributed by atoms with Gasteiger partial charge in [-0.15, -0.1) is 0 Å². The van der Waals surface area contributed by atoms with Crippen LogP contribution in [-0.4, -0.2) is 76.5 Å². The number of ether oxygens (including phenoxy) is 6. The van der Waals surface area contributed by atoms with Crippen LogP contribution in [-0.2, 0) is 14.3 Å². The number of Topliss-reactive ketones (excluding diaryl/α,β-unsaturated/α-hetero) is 1. The number of ketones is 1. The minimum absolute atomic E-state index is 0.0267. The molecule has 10 nitrogen and oxygen atoms in total. The highest BCUT2D eigenvalue weighted by atomic mass is 16.5. The number of likely N-dealkylation sites (tertiary alicyclic amines) is 1. The first-order chi connectivity index (χ1) is 18.2. The van der Waals surface area contributed by atoms with E-state index in [1.807, 2.05) is 13.8 Å². The maximum atomic E-state index is 13.4. The number of benzene rings is 2. The Balaban J connectivity index is 2.22. The van der Waals surface area contributed by atoms with Gasteiger partial charge >= 0.3 is 0 Å². The van der Waals surface area contributed by atoms with Crippen molar-refractivity contribution in [1.82, 2.24) is 4.90 Å². The number of nitrogens with zero attached hydrogens (tertiary/aromatic N) is 1. The van der Waals surface area contributed by atoms with Crippen LogP contribution in [0.4, 0.5) is 0 Å². The maximum absolute atomic E-state index is 13.4. The third kappa shape index (κ3) is 5.65. The number of aliphatic hydroxyl groups excluding tert-OH is 1. The van der Waals surface area contributed by atoms with Gasteiger partial charge in [-0.2, -0.15) is 0 Å². The lowest BCUT2D eigenvalue weighted by molar-refractivity contribution is -0.140. The van der Waals surface area contributed by atoms with Crippen molar-refractivity contribution in [3.05, 3.63) is 47.0 Å². The van der Waals surface area contributed by atoms with Crippen LogP contribution in [0, 0.1) is 0 Å². The molecule has 0 spiro atoms. The summed E-state index contributed by atoms with van der Waals surface area (Å²) in [4.78, 5) is 28.1. The second-order valence-electron chi connectivity index (χ2n) is 8.79. The molecule has 2 aromatic rings. The minimum Gasteiger partial charge on any atom is -0.507 e. The summed E-state index contributed by atoms with van der Waals surface area (Å²) < 4.78 is 32.8. The SMILES string of the molecule is COc1ccc(/C(O)=C2\C(=O)C(=O)N(CCCOC(C)C)C2c2cc(OC)c(OC)c(OC)c2)c(OC)c1. The van der Waals surface area contributed by atoms with Crippen LogP contribution in [0.5, 0.6) is 28.7 Å². The van der Waals surface area contributed by atoms with Gasteiger partial charge in [0.2, 0.25) is 5.75 Å². The van der Waals surface area contributed by atoms with E-state index in [1.165, 1.54) is 40.4 Å². The fourth-order valence-corrected chi connectivity index (χ4v) is 4.41. The average Bonchev–Trinajstić information content (AvgIpc) is 3.18. The summed E-state index contributed by atoms with van der Waals surface area (Å²) in [7, 11) is 7.38. The predicted molar refractivity (Wildman–Crippen MR) is 140 cm³/mol. The summed E-state index contributed by atoms with van der Waals surface area (Å²) in [5.41, 5.74) is 0.655. The Kier molecular flexibility index (Phi) is 9.46. The number of hydrogen-bond donors (Lipinski definition) is 1. The van der Waals surface area contributed by atoms with Crippen molar-refractivity contribution in [3.8, 4) is 28.7 Å². The molecule has 1 heterocycles. The summed E-state index contributed by atoms with van der Waals surface area (Å²) in [5.74, 6) is -0.0889. The van der Waals surface area contributed by atoms with E-state index in [2.05, 4.69) is 0 Å². The fourth-order valence-electron chi connectivity index (χ4n) is 4.41. The Morgan fingerprint density at radius 2 is 1.53 bits per heavy atom. The zero-order chi connectivity index (χ0) is 28.0. The van der Waals surface area contributed by atoms with Gasteiger partial charge in [-0.25, -0.2) is 0 Å². The highest BCUT2D eigenvalue weighted by Gasteiger charge is 2.46. The van der Waals surface area contributed by atoms with Crippen molar-refractivity contribution in [3.63, 3.8) is 0 Å². The van der Waals surface area contributed by atoms with Gasteiger partial charge in [-0.1, -0.05) is 0 Å². The molecular formula is C28H35NO9. The summed E-state index contributed by atoms with van der Waals surface area (Å²) in [6.07, 6.45) is 0.511. The number of aliphatic hydroxyl groups is 1. The Labute approximate surface area is 222 Å². The minimum atomic E-state index is -0.936. The summed E-state index contributed by atoms with van der Waals surface area (Å²) in [6.45, 7) is 4.46. The lowest BCUT2D eigenvalue weighted by Gasteiger charge is -2.27. The number of methoxy groups -OCH3 is 5. The molecule has 1 amide bonds. The first-order valence-corrected chi connectivity index (χ1v) is 12.1. The molecule has 1 fully saturated rings. The first-order valence-electron chi connectivity index (χ1n) is 12.1. The number of carbonyl (C=O) groups is 2. The molecule has 2 aromatic carbocycles. The molecule has 1 N–H and O–H groups in total. The van der Waals surface area contributed by atoms with Crippen molar-refractivity contribution >= 4 is 17.4 Å². The third-order valence-electron chi connectivity index (χ3n) is 6.20. The highest BCUT2D eigenvalue weighted by molar-refractivity contribution is 6.46. The topological polar surface area (TPSA) is 113 Å². The van der Waals surface area contributed by atoms with E-state index in [9.17, 15) is 14.7 Å². The molecule has 0 bridgehead atoms. The lowest BCUT2D eigenvalue weighted by Crippen LogP contribution is -2.31. The molecule has 1 aliphatic rings. The van der Waals surface area contributed by atoms with E-state index in [-0.39, 0.29) is 35.3 Å². The molecule has 0 saturated carbocycles. The van der Waals surface area contributed by atoms with Crippen molar-refractivity contribution < 1.29 is 43.1 Å². The predicted octanol–water partition coefficient (Wildman–Crippen LogP) is 3.97. The highest BCUT2D eigenvalue weighted by Crippen LogP contribution is 2.46. The zero-order valence-electron chi connectivity index (χ0n) is 22.8. The van der Waals surface area contributed by atoms with Crippen molar-refractivity contribution in [2.45, 2.75) is 32.4 Å². The van der Waals surface area contributed by atoms with Gasteiger partial charge in [0.05, 0.1) is 58.8 Å². The number of hydrogen-bond acceptors (Lipinski definition) is 9. The van der Waals surface area contributed by atoms with Crippen LogP contribution < -0.4 is 23.7 Å². The van der Waals surface area contributed by atoms with Crippen LogP contribution in [0.2, 0.25) is 0 Å². The summed E-state index contributed by atoms with van der Waals surface area (Å²) in [5, 5.41) is 11.5. The molecule has 1 saturated heterocycles. The van der Waals surface area contributed by atoms with Crippen LogP contribution >= 0.6 is 0 Å². The number of carbonyl (C=O) groups excluding carboxylic acids is 2. The molecule has 38 heavy (non-hydrogen) atoms. The van der Waals surface area contributed by atoms with Gasteiger partial charge < -0.3 is 38.4 Å². The average molecular weight is 530 g/mol. The Bertz CT molecular complexity index is 1180. The van der Waals surface area contributed by atoms with Gasteiger partial charge in [0, 0.05) is 19.2 Å². The lowest BCUT2D eigenvalue weighted by atomic mass is 9.94. The van der Waals surface area contributed by atoms with Crippen LogP contribution in [0.1, 0.15) is 37.4 Å². The largest absolute Gasteiger partial charge is 0.507 e. The van der Waals surface area contributed by atoms with E-state index < -0.39 is 17.7 Å². The van der Waals surface area contributed by atoms with E-state index in [1.54, 1.807) is 30.3 Å². The smallest absolute Gasteiger partial charge is 0.295 e. The normalized spacial score (nSPS) is 16.6. The van der Waals surface area contributed by atoms with Crippen LogP contribution in [0.15, 0.2) is 35.9 Å². The van der Waals surface area contributed by atoms with E-state index in [0.717, 1.165) is 0 Å². The monoisotopic (exact) mass is 529 g/mol. The molecule has 0 radical (unpaired) electrons. The molecule has 1 atom stereocenters. The first kappa shape index (κ1) is 28.6. The second-order valence-corrected chi connectivity index (χ2v) is 8.79. The van der Waals surface area contributed by atoms with Gasteiger partial charge in [0.25, 0.3) is 11.7 Å². The summed E-state index contributed by atoms with van der Waals surface area (Å²) >= 11 is 0. The molecule has 3 rings (SSSR count). The van der Waals surface area contributed by atoms with E-state index in [0.29, 0.717) is 41.6 Å². The van der Waals surface area contributed by atoms with Gasteiger partial charge in [-0.05, 0) is 50.1 Å². The Hall–Kier alpha value is -3.92. The van der Waals surface area contributed by atoms with E-state index in [4.69, 9.17) is 28.4 Å². The molecule has 206 valence electrons. The van der Waals surface area contributed by atoms with Gasteiger partial charge in [-0.3, -0.25) is 9.59 Å². The number of amides is 1. The Morgan fingerprint density at radius 1 is 0.895 bits per heavy atom. The molecule has 0 aromatic heterocycles.